The maximum Gasteiger partial charge on any atom is 0.284 e. The number of pyridine rings is 2. The summed E-state index contributed by atoms with van der Waals surface area (Å²) in [7, 11) is -4.82. The fourth-order valence-corrected chi connectivity index (χ4v) is 4.33. The molecule has 0 aliphatic rings. The van der Waals surface area contributed by atoms with Gasteiger partial charge in [0.2, 0.25) is 16.9 Å². The molecule has 0 fully saturated rings. The molecular formula is C24H25F2N3O4S. The lowest BCUT2D eigenvalue weighted by atomic mass is 9.91. The van der Waals surface area contributed by atoms with Gasteiger partial charge in [-0.1, -0.05) is 38.5 Å². The molecule has 0 unspecified atom stereocenters. The van der Waals surface area contributed by atoms with Crippen molar-refractivity contribution in [3.8, 4) is 11.6 Å². The molecule has 34 heavy (non-hydrogen) atoms. The van der Waals surface area contributed by atoms with Crippen molar-refractivity contribution in [2.75, 3.05) is 0 Å². The highest BCUT2D eigenvalue weighted by atomic mass is 32.2. The zero-order valence-electron chi connectivity index (χ0n) is 19.7. The number of carbonyl (C=O) groups excluding carboxylic acids is 1. The molecule has 3 aromatic rings. The van der Waals surface area contributed by atoms with Crippen LogP contribution in [0.1, 0.15) is 53.5 Å². The Labute approximate surface area is 197 Å². The first-order chi connectivity index (χ1) is 15.7. The monoisotopic (exact) mass is 489 g/mol. The second-order valence-electron chi connectivity index (χ2n) is 8.98. The Bertz CT molecular complexity index is 1360. The number of amides is 1. The van der Waals surface area contributed by atoms with Crippen molar-refractivity contribution in [3.05, 3.63) is 76.1 Å². The third kappa shape index (κ3) is 5.39. The number of aromatic nitrogens is 2. The number of hydrogen-bond donors (Lipinski definition) is 1. The van der Waals surface area contributed by atoms with Crippen molar-refractivity contribution < 1.29 is 26.7 Å². The Balaban J connectivity index is 2.07. The number of nitrogens with zero attached hydrogens (tertiary/aromatic N) is 2. The van der Waals surface area contributed by atoms with Crippen molar-refractivity contribution >= 4 is 15.9 Å². The quantitative estimate of drug-likeness (QED) is 0.513. The first kappa shape index (κ1) is 25.2. The first-order valence-corrected chi connectivity index (χ1v) is 11.8. The van der Waals surface area contributed by atoms with Crippen LogP contribution in [0.2, 0.25) is 0 Å². The molecule has 180 valence electrons. The normalized spacial score (nSPS) is 11.9. The van der Waals surface area contributed by atoms with E-state index in [1.165, 1.54) is 6.07 Å². The highest BCUT2D eigenvalue weighted by Crippen LogP contribution is 2.33. The smallest absolute Gasteiger partial charge is 0.284 e. The predicted octanol–water partition coefficient (Wildman–Crippen LogP) is 4.89. The molecule has 0 saturated heterocycles. The van der Waals surface area contributed by atoms with Crippen LogP contribution in [0.25, 0.3) is 0 Å². The van der Waals surface area contributed by atoms with Gasteiger partial charge < -0.3 is 4.74 Å². The average Bonchev–Trinajstić information content (AvgIpc) is 2.71. The van der Waals surface area contributed by atoms with Crippen LogP contribution in [-0.4, -0.2) is 24.3 Å². The molecule has 1 amide bonds. The summed E-state index contributed by atoms with van der Waals surface area (Å²) < 4.78 is 60.3. The van der Waals surface area contributed by atoms with Crippen LogP contribution in [-0.2, 0) is 15.4 Å². The number of aryl methyl sites for hydroxylation is 3. The first-order valence-electron chi connectivity index (χ1n) is 10.4. The van der Waals surface area contributed by atoms with Crippen LogP contribution in [0.5, 0.6) is 11.6 Å². The Morgan fingerprint density at radius 3 is 2.18 bits per heavy atom. The summed E-state index contributed by atoms with van der Waals surface area (Å²) in [5.74, 6) is -3.29. The molecule has 3 rings (SSSR count). The van der Waals surface area contributed by atoms with E-state index < -0.39 is 38.1 Å². The van der Waals surface area contributed by atoms with Crippen molar-refractivity contribution in [2.24, 2.45) is 0 Å². The molecule has 0 saturated carbocycles. The van der Waals surface area contributed by atoms with E-state index in [-0.39, 0.29) is 11.4 Å². The number of sulfonamides is 1. The van der Waals surface area contributed by atoms with E-state index in [1.54, 1.807) is 10.8 Å². The SMILES string of the molecule is Cc1cc(C)c(Oc2nc(C(C)(C)C)ccc2C(=O)NS(=O)(=O)c2nc(F)ccc2F)c(C)c1. The lowest BCUT2D eigenvalue weighted by Crippen LogP contribution is -2.32. The Morgan fingerprint density at radius 2 is 1.59 bits per heavy atom. The number of nitrogens with one attached hydrogen (secondary N) is 1. The van der Waals surface area contributed by atoms with Crippen LogP contribution in [0, 0.1) is 32.5 Å². The van der Waals surface area contributed by atoms with Gasteiger partial charge in [-0.2, -0.15) is 12.8 Å². The number of halogens is 2. The largest absolute Gasteiger partial charge is 0.438 e. The van der Waals surface area contributed by atoms with Gasteiger partial charge in [0.15, 0.2) is 5.82 Å². The minimum atomic E-state index is -4.82. The minimum absolute atomic E-state index is 0.122. The van der Waals surface area contributed by atoms with Gasteiger partial charge in [-0.05, 0) is 56.2 Å². The molecule has 1 aromatic carbocycles. The molecule has 10 heteroatoms. The van der Waals surface area contributed by atoms with E-state index in [0.717, 1.165) is 16.7 Å². The van der Waals surface area contributed by atoms with Crippen LogP contribution in [0.15, 0.2) is 41.4 Å². The van der Waals surface area contributed by atoms with Crippen LogP contribution in [0.3, 0.4) is 0 Å². The van der Waals surface area contributed by atoms with E-state index >= 15 is 0 Å². The Morgan fingerprint density at radius 1 is 0.971 bits per heavy atom. The summed E-state index contributed by atoms with van der Waals surface area (Å²) >= 11 is 0. The van der Waals surface area contributed by atoms with E-state index in [2.05, 4.69) is 9.97 Å². The topological polar surface area (TPSA) is 98.2 Å². The molecule has 0 atom stereocenters. The van der Waals surface area contributed by atoms with Crippen molar-refractivity contribution in [2.45, 2.75) is 52.0 Å². The summed E-state index contributed by atoms with van der Waals surface area (Å²) in [6, 6.07) is 8.03. The summed E-state index contributed by atoms with van der Waals surface area (Å²) in [4.78, 5) is 20.5. The maximum absolute atomic E-state index is 14.0. The second-order valence-corrected chi connectivity index (χ2v) is 10.6. The third-order valence-electron chi connectivity index (χ3n) is 4.94. The van der Waals surface area contributed by atoms with E-state index in [0.29, 0.717) is 23.6 Å². The number of benzene rings is 1. The summed E-state index contributed by atoms with van der Waals surface area (Å²) in [5, 5.41) is -1.23. The lowest BCUT2D eigenvalue weighted by molar-refractivity contribution is 0.0978. The molecule has 0 aliphatic carbocycles. The molecule has 0 aliphatic heterocycles. The summed E-state index contributed by atoms with van der Waals surface area (Å²) in [6.45, 7) is 11.4. The van der Waals surface area contributed by atoms with E-state index in [1.807, 2.05) is 53.7 Å². The van der Waals surface area contributed by atoms with Gasteiger partial charge in [0.05, 0.1) is 0 Å². The van der Waals surface area contributed by atoms with Gasteiger partial charge in [0.25, 0.3) is 15.9 Å². The third-order valence-corrected chi connectivity index (χ3v) is 6.19. The van der Waals surface area contributed by atoms with Crippen LogP contribution in [0.4, 0.5) is 8.78 Å². The summed E-state index contributed by atoms with van der Waals surface area (Å²) in [6.07, 6.45) is 0. The predicted molar refractivity (Wildman–Crippen MR) is 122 cm³/mol. The van der Waals surface area contributed by atoms with Crippen molar-refractivity contribution in [1.82, 2.24) is 14.7 Å². The lowest BCUT2D eigenvalue weighted by Gasteiger charge is -2.21. The van der Waals surface area contributed by atoms with Gasteiger partial charge in [-0.25, -0.2) is 19.1 Å². The van der Waals surface area contributed by atoms with Crippen LogP contribution >= 0.6 is 0 Å². The van der Waals surface area contributed by atoms with Crippen molar-refractivity contribution in [3.63, 3.8) is 0 Å². The zero-order valence-corrected chi connectivity index (χ0v) is 20.5. The number of hydrogen-bond acceptors (Lipinski definition) is 6. The van der Waals surface area contributed by atoms with Crippen molar-refractivity contribution in [1.29, 1.82) is 0 Å². The minimum Gasteiger partial charge on any atom is -0.438 e. The zero-order chi connectivity index (χ0) is 25.4. The molecule has 0 bridgehead atoms. The highest BCUT2D eigenvalue weighted by molar-refractivity contribution is 7.90. The standard InChI is InChI=1S/C24H25F2N3O4S/c1-13-11-14(2)20(15(3)12-13)33-22-16(7-9-18(27-22)24(4,5)6)21(30)29-34(31,32)23-17(25)8-10-19(26)28-23/h7-12H,1-6H3,(H,29,30). The molecule has 1 N–H and O–H groups in total. The van der Waals surface area contributed by atoms with Gasteiger partial charge in [0, 0.05) is 11.1 Å². The fraction of sp³-hybridized carbons (Fsp3) is 0.292. The molecule has 7 nitrogen and oxygen atoms in total. The molecule has 0 radical (unpaired) electrons. The van der Waals surface area contributed by atoms with Gasteiger partial charge in [-0.3, -0.25) is 4.79 Å². The maximum atomic E-state index is 14.0. The van der Waals surface area contributed by atoms with E-state index in [9.17, 15) is 22.0 Å². The molecule has 2 aromatic heterocycles. The fourth-order valence-electron chi connectivity index (χ4n) is 3.35. The number of carbonyl (C=O) groups is 1. The Kier molecular flexibility index (Phi) is 6.75. The van der Waals surface area contributed by atoms with Gasteiger partial charge in [-0.15, -0.1) is 0 Å². The van der Waals surface area contributed by atoms with Crippen LogP contribution < -0.4 is 9.46 Å². The van der Waals surface area contributed by atoms with E-state index in [4.69, 9.17) is 4.74 Å². The average molecular weight is 490 g/mol. The molecule has 0 spiro atoms. The molecular weight excluding hydrogens is 464 g/mol. The second kappa shape index (κ2) is 9.09. The summed E-state index contributed by atoms with van der Waals surface area (Å²) in [5.41, 5.74) is 2.61. The van der Waals surface area contributed by atoms with Gasteiger partial charge >= 0.3 is 0 Å². The van der Waals surface area contributed by atoms with Gasteiger partial charge in [0.1, 0.15) is 11.3 Å². The number of rotatable bonds is 5. The Hall–Kier alpha value is -3.40. The number of ether oxygens (including phenoxy) is 1. The molecule has 2 heterocycles. The highest BCUT2D eigenvalue weighted by Gasteiger charge is 2.28.